The maximum atomic E-state index is 14.7. The first-order valence-electron chi connectivity index (χ1n) is 27.1. The van der Waals surface area contributed by atoms with Crippen LogP contribution in [0.4, 0.5) is 0 Å². The number of hydrogen-bond acceptors (Lipinski definition) is 15. The zero-order valence-corrected chi connectivity index (χ0v) is 48.4. The van der Waals surface area contributed by atoms with Crippen LogP contribution in [0.1, 0.15) is 77.0 Å². The third-order valence-electron chi connectivity index (χ3n) is 13.1. The minimum atomic E-state index is -1.74. The van der Waals surface area contributed by atoms with Gasteiger partial charge in [-0.15, -0.1) is 0 Å². The van der Waals surface area contributed by atoms with Crippen molar-refractivity contribution >= 4 is 65.0 Å². The van der Waals surface area contributed by atoms with E-state index in [9.17, 15) is 63.3 Å². The zero-order chi connectivity index (χ0) is 61.9. The second kappa shape index (κ2) is 34.6. The van der Waals surface area contributed by atoms with E-state index in [1.807, 2.05) is 0 Å². The highest BCUT2D eigenvalue weighted by Crippen LogP contribution is 2.17. The molecule has 3 aromatic rings. The molecular weight excluding hydrogens is 1080 g/mol. The molecule has 7 atom stereocenters. The summed E-state index contributed by atoms with van der Waals surface area (Å²) in [6, 6.07) is 9.85. The number of phenolic OH excluding ortho intramolecular Hbond substituents is 2. The summed E-state index contributed by atoms with van der Waals surface area (Å²) in [5.41, 5.74) is 12.4. The smallest absolute Gasteiger partial charge is 0.251 e. The molecule has 0 aromatic heterocycles. The molecule has 0 spiro atoms. The normalized spacial score (nSPS) is 13.5. The van der Waals surface area contributed by atoms with Crippen LogP contribution in [0.15, 0.2) is 83.9 Å². The number of amides is 10. The van der Waals surface area contributed by atoms with Crippen LogP contribution in [0.2, 0.25) is 0 Å². The molecule has 0 unspecified atom stereocenters. The lowest BCUT2D eigenvalue weighted by atomic mass is 10.0. The summed E-state index contributed by atoms with van der Waals surface area (Å²) >= 11 is 0. The molecule has 0 radical (unpaired) electrons. The standard InChI is InChI=1S/C57H82N12O14/c1-9-26-69(36(5)72)56(82)42(16-13-25-60-57(58)59)62-50(76)43(27-34(2)3)63-53(79)47(33-83-8)66-52(78)45(29-38-17-21-40(73)22-18-38)64-54(80)48(32-70)68(7)55(81)46(30-39-19-23-41(74)24-20-39)65-51(77)44(28-37-14-11-10-12-15-37)61-49(75)31-67(6)35(4)71/h10-12,14-15,17-24,34,42-48,70,73-74H,9,13,16,25-33H2,1-8H3,(H,61,75)(H,62,76)(H,63,79)(H,64,80)(H,65,77)(H,66,78)(H4,58,59,60)/t42-,43-,44+,45-,46+,47+,48-/m0/s1. The number of aliphatic imine (C=N–C) groups is 1. The molecule has 0 aliphatic carbocycles. The molecule has 0 fully saturated rings. The number of nitrogens with one attached hydrogen (secondary N) is 6. The van der Waals surface area contributed by atoms with E-state index in [0.29, 0.717) is 23.1 Å². The Labute approximate surface area is 483 Å². The van der Waals surface area contributed by atoms with E-state index in [0.717, 1.165) is 14.7 Å². The van der Waals surface area contributed by atoms with Crippen molar-refractivity contribution in [3.8, 4) is 11.5 Å². The molecule has 83 heavy (non-hydrogen) atoms. The maximum Gasteiger partial charge on any atom is 0.251 e. The van der Waals surface area contributed by atoms with Crippen molar-refractivity contribution in [2.75, 3.05) is 54.1 Å². The number of aromatic hydroxyl groups is 2. The van der Waals surface area contributed by atoms with Gasteiger partial charge in [0.25, 0.3) is 5.91 Å². The topological polar surface area (TPSA) is 387 Å². The molecule has 0 bridgehead atoms. The van der Waals surface area contributed by atoms with E-state index in [4.69, 9.17) is 16.2 Å². The minimum absolute atomic E-state index is 0.0192. The van der Waals surface area contributed by atoms with Crippen LogP contribution in [0.5, 0.6) is 11.5 Å². The lowest BCUT2D eigenvalue weighted by Gasteiger charge is -2.32. The first kappa shape index (κ1) is 68.6. The minimum Gasteiger partial charge on any atom is -0.508 e. The Morgan fingerprint density at radius 2 is 1.07 bits per heavy atom. The molecule has 0 saturated heterocycles. The monoisotopic (exact) mass is 1160 g/mol. The molecule has 0 heterocycles. The molecule has 26 heteroatoms. The first-order valence-corrected chi connectivity index (χ1v) is 27.1. The van der Waals surface area contributed by atoms with Crippen molar-refractivity contribution in [1.82, 2.24) is 46.6 Å². The van der Waals surface area contributed by atoms with Crippen molar-refractivity contribution in [3.05, 3.63) is 95.6 Å². The number of nitrogens with zero attached hydrogens (tertiary/aromatic N) is 4. The number of likely N-dealkylation sites (N-methyl/N-ethyl adjacent to an activating group) is 2. The molecule has 3 aromatic carbocycles. The lowest BCUT2D eigenvalue weighted by Crippen LogP contribution is -2.62. The number of ether oxygens (including phenoxy) is 1. The van der Waals surface area contributed by atoms with Gasteiger partial charge in [0.1, 0.15) is 53.8 Å². The molecule has 0 aliphatic heterocycles. The first-order chi connectivity index (χ1) is 39.3. The summed E-state index contributed by atoms with van der Waals surface area (Å²) in [6.07, 6.45) is 0.183. The largest absolute Gasteiger partial charge is 0.508 e. The molecule has 10 amide bonds. The van der Waals surface area contributed by atoms with Gasteiger partial charge in [0.15, 0.2) is 5.96 Å². The number of guanidine groups is 1. The van der Waals surface area contributed by atoms with E-state index in [1.54, 1.807) is 51.1 Å². The highest BCUT2D eigenvalue weighted by Gasteiger charge is 2.37. The van der Waals surface area contributed by atoms with Crippen molar-refractivity contribution in [2.24, 2.45) is 22.4 Å². The fraction of sp³-hybridized carbons (Fsp3) is 0.491. The second-order valence-electron chi connectivity index (χ2n) is 20.4. The van der Waals surface area contributed by atoms with Gasteiger partial charge in [-0.25, -0.2) is 0 Å². The average molecular weight is 1160 g/mol. The SMILES string of the molecule is CCCN(C(C)=O)C(=O)[C@H](CCCN=C(N)N)NC(=O)[C@H](CC(C)C)NC(=O)[C@@H](COC)NC(=O)[C@H](Cc1ccc(O)cc1)NC(=O)[C@H](CO)N(C)C(=O)[C@@H](Cc1ccc(O)cc1)NC(=O)[C@@H](Cc1ccccc1)NC(=O)CN(C)C(C)=O. The summed E-state index contributed by atoms with van der Waals surface area (Å²) in [7, 11) is 3.84. The Balaban J connectivity index is 1.98. The number of phenols is 2. The van der Waals surface area contributed by atoms with Gasteiger partial charge in [0.05, 0.1) is 19.8 Å². The van der Waals surface area contributed by atoms with E-state index in [1.165, 1.54) is 83.6 Å². The van der Waals surface area contributed by atoms with E-state index < -0.39 is 115 Å². The van der Waals surface area contributed by atoms with Crippen LogP contribution in [0.25, 0.3) is 0 Å². The number of imide groups is 1. The van der Waals surface area contributed by atoms with Gasteiger partial charge in [-0.1, -0.05) is 75.4 Å². The number of aliphatic hydroxyl groups is 1. The number of carbonyl (C=O) groups is 10. The third kappa shape index (κ3) is 23.4. The summed E-state index contributed by atoms with van der Waals surface area (Å²) in [5.74, 6) is -8.34. The van der Waals surface area contributed by atoms with E-state index >= 15 is 0 Å². The van der Waals surface area contributed by atoms with Crippen molar-refractivity contribution in [1.29, 1.82) is 0 Å². The number of methoxy groups -OCH3 is 1. The van der Waals surface area contributed by atoms with Gasteiger partial charge in [-0.2, -0.15) is 0 Å². The fourth-order valence-corrected chi connectivity index (χ4v) is 8.56. The van der Waals surface area contributed by atoms with Crippen molar-refractivity contribution in [3.63, 3.8) is 0 Å². The number of hydrogen-bond donors (Lipinski definition) is 11. The van der Waals surface area contributed by atoms with Crippen LogP contribution in [-0.4, -0.2) is 191 Å². The molecule has 454 valence electrons. The number of aliphatic hydroxyl groups excluding tert-OH is 1. The van der Waals surface area contributed by atoms with Crippen LogP contribution < -0.4 is 43.4 Å². The Hall–Kier alpha value is -8.65. The van der Waals surface area contributed by atoms with Gasteiger partial charge >= 0.3 is 0 Å². The van der Waals surface area contributed by atoms with Crippen molar-refractivity contribution < 1.29 is 68.0 Å². The van der Waals surface area contributed by atoms with Crippen LogP contribution in [0, 0.1) is 5.92 Å². The highest BCUT2D eigenvalue weighted by molar-refractivity contribution is 6.00. The number of rotatable bonds is 33. The van der Waals surface area contributed by atoms with Gasteiger partial charge in [0, 0.05) is 67.4 Å². The molecule has 26 nitrogen and oxygen atoms in total. The zero-order valence-electron chi connectivity index (χ0n) is 48.4. The Kier molecular flexibility index (Phi) is 28.6. The van der Waals surface area contributed by atoms with Crippen LogP contribution >= 0.6 is 0 Å². The summed E-state index contributed by atoms with van der Waals surface area (Å²) in [4.78, 5) is 145. The Bertz CT molecular complexity index is 2690. The Morgan fingerprint density at radius 3 is 1.57 bits per heavy atom. The quantitative estimate of drug-likeness (QED) is 0.0195. The number of carbonyl (C=O) groups excluding carboxylic acids is 10. The van der Waals surface area contributed by atoms with Gasteiger partial charge < -0.3 is 73.2 Å². The molecule has 3 rings (SSSR count). The maximum absolute atomic E-state index is 14.7. The predicted molar refractivity (Wildman–Crippen MR) is 306 cm³/mol. The lowest BCUT2D eigenvalue weighted by molar-refractivity contribution is -0.146. The van der Waals surface area contributed by atoms with Crippen LogP contribution in [-0.2, 0) is 71.9 Å². The van der Waals surface area contributed by atoms with Gasteiger partial charge in [-0.05, 0) is 72.6 Å². The average Bonchev–Trinajstić information content (AvgIpc) is 3.64. The fourth-order valence-electron chi connectivity index (χ4n) is 8.56. The molecule has 0 saturated carbocycles. The summed E-state index contributed by atoms with van der Waals surface area (Å²) in [5, 5.41) is 46.7. The highest BCUT2D eigenvalue weighted by atomic mass is 16.5. The summed E-state index contributed by atoms with van der Waals surface area (Å²) in [6.45, 7) is 6.16. The molecule has 13 N–H and O–H groups in total. The number of nitrogens with two attached hydrogens (primary N) is 2. The second-order valence-corrected chi connectivity index (χ2v) is 20.4. The van der Waals surface area contributed by atoms with Gasteiger partial charge in [0.2, 0.25) is 53.2 Å². The van der Waals surface area contributed by atoms with Crippen molar-refractivity contribution in [2.45, 2.75) is 122 Å². The third-order valence-corrected chi connectivity index (χ3v) is 13.1. The predicted octanol–water partition coefficient (Wildman–Crippen LogP) is -1.14. The molecule has 0 aliphatic rings. The van der Waals surface area contributed by atoms with Gasteiger partial charge in [-0.3, -0.25) is 57.8 Å². The Morgan fingerprint density at radius 1 is 0.602 bits per heavy atom. The summed E-state index contributed by atoms with van der Waals surface area (Å²) < 4.78 is 5.32. The number of benzene rings is 3. The molecular formula is C57H82N12O14. The van der Waals surface area contributed by atoms with E-state index in [-0.39, 0.29) is 81.5 Å². The van der Waals surface area contributed by atoms with Crippen LogP contribution in [0.3, 0.4) is 0 Å². The van der Waals surface area contributed by atoms with E-state index in [2.05, 4.69) is 36.9 Å².